The second-order valence-corrected chi connectivity index (χ2v) is 5.24. The van der Waals surface area contributed by atoms with Crippen LogP contribution in [0.4, 0.5) is 0 Å². The highest BCUT2D eigenvalue weighted by Gasteiger charge is 2.22. The molecular formula is C13H25N3O. The van der Waals surface area contributed by atoms with Gasteiger partial charge in [-0.2, -0.15) is 0 Å². The third kappa shape index (κ3) is 3.68. The highest BCUT2D eigenvalue weighted by atomic mass is 16.2. The summed E-state index contributed by atoms with van der Waals surface area (Å²) in [6.07, 6.45) is 3.30. The van der Waals surface area contributed by atoms with Crippen LogP contribution in [0.2, 0.25) is 0 Å². The van der Waals surface area contributed by atoms with Gasteiger partial charge < -0.3 is 15.1 Å². The summed E-state index contributed by atoms with van der Waals surface area (Å²) in [7, 11) is 0. The molecule has 4 nitrogen and oxygen atoms in total. The molecule has 2 aliphatic heterocycles. The number of rotatable bonds is 4. The Bertz CT molecular complexity index is 251. The molecule has 0 bridgehead atoms. The Morgan fingerprint density at radius 3 is 2.71 bits per heavy atom. The maximum Gasteiger partial charge on any atom is 0.223 e. The number of hydrogen-bond donors (Lipinski definition) is 1. The second-order valence-electron chi connectivity index (χ2n) is 5.24. The topological polar surface area (TPSA) is 35.6 Å². The first-order valence-electron chi connectivity index (χ1n) is 7.00. The van der Waals surface area contributed by atoms with Crippen molar-refractivity contribution >= 4 is 5.91 Å². The van der Waals surface area contributed by atoms with Gasteiger partial charge in [0.15, 0.2) is 0 Å². The van der Waals surface area contributed by atoms with Crippen molar-refractivity contribution in [2.45, 2.75) is 26.2 Å². The van der Waals surface area contributed by atoms with Gasteiger partial charge in [-0.15, -0.1) is 0 Å². The van der Waals surface area contributed by atoms with Crippen molar-refractivity contribution in [2.24, 2.45) is 5.92 Å². The normalized spacial score (nSPS) is 26.4. The fraction of sp³-hybridized carbons (Fsp3) is 0.923. The minimum atomic E-state index is 0.339. The zero-order valence-electron chi connectivity index (χ0n) is 11.0. The Morgan fingerprint density at radius 2 is 2.06 bits per heavy atom. The van der Waals surface area contributed by atoms with Gasteiger partial charge in [0.2, 0.25) is 5.91 Å². The molecule has 2 saturated heterocycles. The predicted octanol–water partition coefficient (Wildman–Crippen LogP) is 0.540. The van der Waals surface area contributed by atoms with Crippen LogP contribution in [0, 0.1) is 5.92 Å². The number of nitrogens with one attached hydrogen (secondary N) is 1. The van der Waals surface area contributed by atoms with Gasteiger partial charge in [0.1, 0.15) is 0 Å². The quantitative estimate of drug-likeness (QED) is 0.778. The van der Waals surface area contributed by atoms with Crippen LogP contribution in [-0.2, 0) is 4.79 Å². The van der Waals surface area contributed by atoms with Crippen molar-refractivity contribution in [3.63, 3.8) is 0 Å². The van der Waals surface area contributed by atoms with Crippen LogP contribution in [0.15, 0.2) is 0 Å². The Labute approximate surface area is 104 Å². The smallest absolute Gasteiger partial charge is 0.223 e. The van der Waals surface area contributed by atoms with E-state index in [4.69, 9.17) is 0 Å². The molecule has 17 heavy (non-hydrogen) atoms. The van der Waals surface area contributed by atoms with Gasteiger partial charge in [-0.1, -0.05) is 13.3 Å². The summed E-state index contributed by atoms with van der Waals surface area (Å²) in [5.74, 6) is 1.20. The molecule has 0 saturated carbocycles. The molecule has 1 unspecified atom stereocenters. The van der Waals surface area contributed by atoms with Gasteiger partial charge in [-0.3, -0.25) is 4.79 Å². The third-order valence-electron chi connectivity index (χ3n) is 4.06. The lowest BCUT2D eigenvalue weighted by Crippen LogP contribution is -2.47. The van der Waals surface area contributed by atoms with E-state index in [1.165, 1.54) is 25.9 Å². The largest absolute Gasteiger partial charge is 0.340 e. The lowest BCUT2D eigenvalue weighted by atomic mass is 10.1. The van der Waals surface area contributed by atoms with E-state index in [1.807, 2.05) is 4.90 Å². The van der Waals surface area contributed by atoms with Crippen LogP contribution in [0.5, 0.6) is 0 Å². The Kier molecular flexibility index (Phi) is 4.80. The van der Waals surface area contributed by atoms with Crippen molar-refractivity contribution in [2.75, 3.05) is 45.8 Å². The van der Waals surface area contributed by atoms with Gasteiger partial charge in [0.25, 0.3) is 0 Å². The third-order valence-corrected chi connectivity index (χ3v) is 4.06. The maximum absolute atomic E-state index is 12.0. The number of nitrogens with zero attached hydrogens (tertiary/aromatic N) is 2. The Morgan fingerprint density at radius 1 is 1.29 bits per heavy atom. The molecule has 0 spiro atoms. The summed E-state index contributed by atoms with van der Waals surface area (Å²) in [5, 5.41) is 3.28. The zero-order chi connectivity index (χ0) is 12.1. The predicted molar refractivity (Wildman–Crippen MR) is 68.9 cm³/mol. The SMILES string of the molecule is CCC1CCN(CCC(=O)N2CCNCC2)C1. The van der Waals surface area contributed by atoms with Crippen molar-refractivity contribution in [3.8, 4) is 0 Å². The number of amides is 1. The summed E-state index contributed by atoms with van der Waals surface area (Å²) in [4.78, 5) is 16.4. The summed E-state index contributed by atoms with van der Waals surface area (Å²) in [6.45, 7) is 9.28. The van der Waals surface area contributed by atoms with E-state index >= 15 is 0 Å². The van der Waals surface area contributed by atoms with Gasteiger partial charge >= 0.3 is 0 Å². The van der Waals surface area contributed by atoms with Crippen LogP contribution < -0.4 is 5.32 Å². The van der Waals surface area contributed by atoms with Gasteiger partial charge in [-0.25, -0.2) is 0 Å². The van der Waals surface area contributed by atoms with E-state index in [9.17, 15) is 4.79 Å². The summed E-state index contributed by atoms with van der Waals surface area (Å²) < 4.78 is 0. The van der Waals surface area contributed by atoms with Crippen molar-refractivity contribution in [3.05, 3.63) is 0 Å². The average Bonchev–Trinajstić information content (AvgIpc) is 2.85. The number of likely N-dealkylation sites (tertiary alicyclic amines) is 1. The molecule has 1 atom stereocenters. The van der Waals surface area contributed by atoms with Gasteiger partial charge in [-0.05, 0) is 18.9 Å². The molecule has 4 heteroatoms. The first-order valence-corrected chi connectivity index (χ1v) is 7.00. The monoisotopic (exact) mass is 239 g/mol. The highest BCUT2D eigenvalue weighted by molar-refractivity contribution is 5.76. The molecule has 1 N–H and O–H groups in total. The highest BCUT2D eigenvalue weighted by Crippen LogP contribution is 2.19. The molecule has 2 heterocycles. The molecule has 2 fully saturated rings. The van der Waals surface area contributed by atoms with Crippen molar-refractivity contribution in [1.29, 1.82) is 0 Å². The summed E-state index contributed by atoms with van der Waals surface area (Å²) in [5.41, 5.74) is 0. The molecular weight excluding hydrogens is 214 g/mol. The zero-order valence-corrected chi connectivity index (χ0v) is 11.0. The fourth-order valence-electron chi connectivity index (χ4n) is 2.78. The molecule has 98 valence electrons. The molecule has 0 radical (unpaired) electrons. The first-order chi connectivity index (χ1) is 8.29. The van der Waals surface area contributed by atoms with E-state index < -0.39 is 0 Å². The molecule has 2 aliphatic rings. The van der Waals surface area contributed by atoms with Crippen LogP contribution in [-0.4, -0.2) is 61.5 Å². The average molecular weight is 239 g/mol. The van der Waals surface area contributed by atoms with Gasteiger partial charge in [0, 0.05) is 45.7 Å². The summed E-state index contributed by atoms with van der Waals surface area (Å²) >= 11 is 0. The van der Waals surface area contributed by atoms with Crippen molar-refractivity contribution < 1.29 is 4.79 Å². The first kappa shape index (κ1) is 12.8. The van der Waals surface area contributed by atoms with Crippen LogP contribution in [0.1, 0.15) is 26.2 Å². The Hall–Kier alpha value is -0.610. The Balaban J connectivity index is 1.65. The van der Waals surface area contributed by atoms with Crippen LogP contribution in [0.25, 0.3) is 0 Å². The van der Waals surface area contributed by atoms with E-state index in [-0.39, 0.29) is 0 Å². The van der Waals surface area contributed by atoms with Crippen LogP contribution >= 0.6 is 0 Å². The molecule has 0 aromatic carbocycles. The van der Waals surface area contributed by atoms with E-state index in [2.05, 4.69) is 17.1 Å². The van der Waals surface area contributed by atoms with Crippen molar-refractivity contribution in [1.82, 2.24) is 15.1 Å². The standard InChI is InChI=1S/C13H25N3O/c1-2-12-3-7-15(11-12)8-4-13(17)16-9-5-14-6-10-16/h12,14H,2-11H2,1H3. The number of hydrogen-bond acceptors (Lipinski definition) is 3. The fourth-order valence-corrected chi connectivity index (χ4v) is 2.78. The molecule has 0 aliphatic carbocycles. The van der Waals surface area contributed by atoms with E-state index in [0.717, 1.165) is 38.6 Å². The minimum absolute atomic E-state index is 0.339. The number of carbonyl (C=O) groups is 1. The van der Waals surface area contributed by atoms with Crippen LogP contribution in [0.3, 0.4) is 0 Å². The number of piperazine rings is 1. The molecule has 1 amide bonds. The summed E-state index contributed by atoms with van der Waals surface area (Å²) in [6, 6.07) is 0. The molecule has 0 aromatic rings. The lowest BCUT2D eigenvalue weighted by Gasteiger charge is -2.28. The number of carbonyl (C=O) groups excluding carboxylic acids is 1. The van der Waals surface area contributed by atoms with Gasteiger partial charge in [0.05, 0.1) is 0 Å². The lowest BCUT2D eigenvalue weighted by molar-refractivity contribution is -0.132. The molecule has 0 aromatic heterocycles. The van der Waals surface area contributed by atoms with E-state index in [1.54, 1.807) is 0 Å². The molecule has 2 rings (SSSR count). The second kappa shape index (κ2) is 6.36. The maximum atomic E-state index is 12.0. The minimum Gasteiger partial charge on any atom is -0.340 e. The van der Waals surface area contributed by atoms with E-state index in [0.29, 0.717) is 12.3 Å².